The highest BCUT2D eigenvalue weighted by atomic mass is 16.6. The van der Waals surface area contributed by atoms with Gasteiger partial charge in [-0.3, -0.25) is 10.1 Å². The summed E-state index contributed by atoms with van der Waals surface area (Å²) in [5, 5.41) is 10.6. The summed E-state index contributed by atoms with van der Waals surface area (Å²) >= 11 is 0. The Hall–Kier alpha value is -1.38. The Labute approximate surface area is 77.5 Å². The van der Waals surface area contributed by atoms with Gasteiger partial charge in [-0.15, -0.1) is 0 Å². The first-order valence-corrected chi connectivity index (χ1v) is 4.31. The van der Waals surface area contributed by atoms with Crippen LogP contribution in [0, 0.1) is 24.0 Å². The molecule has 1 aromatic carbocycles. The summed E-state index contributed by atoms with van der Waals surface area (Å²) in [6.07, 6.45) is 0.712. The van der Waals surface area contributed by atoms with Gasteiger partial charge in [-0.25, -0.2) is 0 Å². The van der Waals surface area contributed by atoms with Crippen LogP contribution in [-0.4, -0.2) is 4.92 Å². The number of nitro groups is 1. The van der Waals surface area contributed by atoms with Gasteiger partial charge in [0.1, 0.15) is 0 Å². The summed E-state index contributed by atoms with van der Waals surface area (Å²) in [4.78, 5) is 10.3. The minimum absolute atomic E-state index is 0.241. The quantitative estimate of drug-likeness (QED) is 0.517. The van der Waals surface area contributed by atoms with E-state index in [1.807, 2.05) is 20.8 Å². The molecule has 0 fully saturated rings. The maximum Gasteiger partial charge on any atom is 0.272 e. The number of rotatable bonds is 2. The Kier molecular flexibility index (Phi) is 2.66. The number of nitrogens with zero attached hydrogens (tertiary/aromatic N) is 1. The van der Waals surface area contributed by atoms with Crippen LogP contribution in [-0.2, 0) is 6.42 Å². The molecule has 0 bridgehead atoms. The lowest BCUT2D eigenvalue weighted by Gasteiger charge is -2.06. The van der Waals surface area contributed by atoms with Crippen LogP contribution in [0.1, 0.15) is 23.6 Å². The van der Waals surface area contributed by atoms with Crippen molar-refractivity contribution in [1.82, 2.24) is 0 Å². The van der Waals surface area contributed by atoms with Crippen LogP contribution in [0.15, 0.2) is 12.1 Å². The zero-order valence-electron chi connectivity index (χ0n) is 8.13. The molecule has 0 aliphatic heterocycles. The summed E-state index contributed by atoms with van der Waals surface area (Å²) in [5.41, 5.74) is 3.25. The largest absolute Gasteiger partial charge is 0.272 e. The Morgan fingerprint density at radius 2 is 2.00 bits per heavy atom. The van der Waals surface area contributed by atoms with E-state index in [0.29, 0.717) is 6.42 Å². The molecule has 0 N–H and O–H groups in total. The van der Waals surface area contributed by atoms with Crippen LogP contribution in [0.4, 0.5) is 5.69 Å². The smallest absolute Gasteiger partial charge is 0.258 e. The third-order valence-corrected chi connectivity index (χ3v) is 2.39. The van der Waals surface area contributed by atoms with Gasteiger partial charge in [-0.1, -0.05) is 13.0 Å². The molecule has 0 amide bonds. The van der Waals surface area contributed by atoms with Crippen LogP contribution in [0.5, 0.6) is 0 Å². The van der Waals surface area contributed by atoms with Crippen molar-refractivity contribution in [1.29, 1.82) is 0 Å². The van der Waals surface area contributed by atoms with Crippen molar-refractivity contribution in [2.24, 2.45) is 0 Å². The van der Waals surface area contributed by atoms with Crippen LogP contribution < -0.4 is 0 Å². The van der Waals surface area contributed by atoms with Gasteiger partial charge in [-0.05, 0) is 31.4 Å². The summed E-state index contributed by atoms with van der Waals surface area (Å²) in [6.45, 7) is 5.84. The van der Waals surface area contributed by atoms with E-state index in [1.165, 1.54) is 0 Å². The van der Waals surface area contributed by atoms with Crippen molar-refractivity contribution in [3.05, 3.63) is 38.9 Å². The zero-order valence-corrected chi connectivity index (χ0v) is 8.13. The van der Waals surface area contributed by atoms with Gasteiger partial charge in [0.25, 0.3) is 5.69 Å². The van der Waals surface area contributed by atoms with Gasteiger partial charge in [-0.2, -0.15) is 0 Å². The number of nitro benzene ring substituents is 1. The van der Waals surface area contributed by atoms with Crippen molar-refractivity contribution >= 4 is 5.69 Å². The van der Waals surface area contributed by atoms with E-state index in [9.17, 15) is 10.1 Å². The monoisotopic (exact) mass is 179 g/mol. The molecule has 0 aromatic heterocycles. The fourth-order valence-corrected chi connectivity index (χ4v) is 1.48. The molecule has 3 nitrogen and oxygen atoms in total. The van der Waals surface area contributed by atoms with Crippen molar-refractivity contribution < 1.29 is 4.92 Å². The SMILES string of the molecule is CCc1c([N+](=O)[O-])ccc(C)c1C. The number of aryl methyl sites for hydroxylation is 1. The highest BCUT2D eigenvalue weighted by Gasteiger charge is 2.14. The molecule has 1 aromatic rings. The molecule has 0 atom stereocenters. The van der Waals surface area contributed by atoms with E-state index in [-0.39, 0.29) is 10.6 Å². The second kappa shape index (κ2) is 3.56. The van der Waals surface area contributed by atoms with Crippen molar-refractivity contribution in [3.63, 3.8) is 0 Å². The zero-order chi connectivity index (χ0) is 10.0. The van der Waals surface area contributed by atoms with Gasteiger partial charge < -0.3 is 0 Å². The minimum atomic E-state index is -0.314. The molecule has 13 heavy (non-hydrogen) atoms. The second-order valence-electron chi connectivity index (χ2n) is 3.12. The Bertz CT molecular complexity index is 345. The van der Waals surface area contributed by atoms with E-state index in [0.717, 1.165) is 16.7 Å². The van der Waals surface area contributed by atoms with Crippen molar-refractivity contribution in [3.8, 4) is 0 Å². The minimum Gasteiger partial charge on any atom is -0.258 e. The standard InChI is InChI=1S/C10H13NO2/c1-4-9-8(3)7(2)5-6-10(9)11(12)13/h5-6H,4H2,1-3H3. The lowest BCUT2D eigenvalue weighted by atomic mass is 10.00. The molecule has 0 unspecified atom stereocenters. The molecular weight excluding hydrogens is 166 g/mol. The summed E-state index contributed by atoms with van der Waals surface area (Å²) in [5.74, 6) is 0. The third-order valence-electron chi connectivity index (χ3n) is 2.39. The number of hydrogen-bond donors (Lipinski definition) is 0. The Balaban J connectivity index is 3.38. The van der Waals surface area contributed by atoms with Crippen LogP contribution >= 0.6 is 0 Å². The lowest BCUT2D eigenvalue weighted by molar-refractivity contribution is -0.385. The fourth-order valence-electron chi connectivity index (χ4n) is 1.48. The van der Waals surface area contributed by atoms with Gasteiger partial charge in [0, 0.05) is 11.6 Å². The lowest BCUT2D eigenvalue weighted by Crippen LogP contribution is -1.98. The van der Waals surface area contributed by atoms with Gasteiger partial charge in [0.05, 0.1) is 4.92 Å². The molecule has 0 radical (unpaired) electrons. The number of benzene rings is 1. The molecule has 70 valence electrons. The predicted octanol–water partition coefficient (Wildman–Crippen LogP) is 2.77. The molecular formula is C10H13NO2. The number of hydrogen-bond acceptors (Lipinski definition) is 2. The molecule has 1 rings (SSSR count). The van der Waals surface area contributed by atoms with Crippen LogP contribution in [0.3, 0.4) is 0 Å². The predicted molar refractivity (Wildman–Crippen MR) is 51.9 cm³/mol. The highest BCUT2D eigenvalue weighted by Crippen LogP contribution is 2.24. The summed E-state index contributed by atoms with van der Waals surface area (Å²) in [6, 6.07) is 3.38. The first-order valence-electron chi connectivity index (χ1n) is 4.31. The van der Waals surface area contributed by atoms with Crippen molar-refractivity contribution in [2.75, 3.05) is 0 Å². The van der Waals surface area contributed by atoms with Gasteiger partial charge in [0.15, 0.2) is 0 Å². The highest BCUT2D eigenvalue weighted by molar-refractivity contribution is 5.48. The third kappa shape index (κ3) is 1.69. The molecule has 0 spiro atoms. The topological polar surface area (TPSA) is 43.1 Å². The second-order valence-corrected chi connectivity index (χ2v) is 3.12. The van der Waals surface area contributed by atoms with Crippen LogP contribution in [0.25, 0.3) is 0 Å². The van der Waals surface area contributed by atoms with Gasteiger partial charge in [0.2, 0.25) is 0 Å². The fraction of sp³-hybridized carbons (Fsp3) is 0.400. The van der Waals surface area contributed by atoms with E-state index in [4.69, 9.17) is 0 Å². The Morgan fingerprint density at radius 3 is 2.46 bits per heavy atom. The van der Waals surface area contributed by atoms with E-state index < -0.39 is 0 Å². The maximum atomic E-state index is 10.6. The molecule has 0 aliphatic carbocycles. The molecule has 0 saturated heterocycles. The van der Waals surface area contributed by atoms with Crippen molar-refractivity contribution in [2.45, 2.75) is 27.2 Å². The van der Waals surface area contributed by atoms with E-state index >= 15 is 0 Å². The first kappa shape index (κ1) is 9.71. The average Bonchev–Trinajstić information content (AvgIpc) is 2.09. The first-order chi connectivity index (χ1) is 6.07. The van der Waals surface area contributed by atoms with Crippen LogP contribution in [0.2, 0.25) is 0 Å². The maximum absolute atomic E-state index is 10.6. The average molecular weight is 179 g/mol. The normalized spacial score (nSPS) is 10.1. The Morgan fingerprint density at radius 1 is 1.38 bits per heavy atom. The van der Waals surface area contributed by atoms with E-state index in [1.54, 1.807) is 12.1 Å². The molecule has 0 saturated carbocycles. The molecule has 3 heteroatoms. The molecule has 0 aliphatic rings. The van der Waals surface area contributed by atoms with Gasteiger partial charge >= 0.3 is 0 Å². The molecule has 0 heterocycles. The summed E-state index contributed by atoms with van der Waals surface area (Å²) < 4.78 is 0. The van der Waals surface area contributed by atoms with E-state index in [2.05, 4.69) is 0 Å². The summed E-state index contributed by atoms with van der Waals surface area (Å²) in [7, 11) is 0.